The maximum absolute atomic E-state index is 12.9. The highest BCUT2D eigenvalue weighted by atomic mass is 35.5. The van der Waals surface area contributed by atoms with E-state index in [0.29, 0.717) is 12.1 Å². The molecule has 1 amide bonds. The Morgan fingerprint density at radius 3 is 2.00 bits per heavy atom. The quantitative estimate of drug-likeness (QED) is 0.825. The first-order valence-electron chi connectivity index (χ1n) is 5.34. The van der Waals surface area contributed by atoms with Crippen LogP contribution >= 0.6 is 12.4 Å². The molecule has 1 aromatic rings. The highest BCUT2D eigenvalue weighted by Gasteiger charge is 2.27. The van der Waals surface area contributed by atoms with E-state index in [9.17, 15) is 18.0 Å². The van der Waals surface area contributed by atoms with Gasteiger partial charge in [0.15, 0.2) is 17.5 Å². The maximum Gasteiger partial charge on any atom is 0.241 e. The Hall–Kier alpha value is -1.27. The molecule has 108 valence electrons. The van der Waals surface area contributed by atoms with Crippen LogP contribution in [0.3, 0.4) is 0 Å². The predicted octanol–water partition coefficient (Wildman–Crippen LogP) is 2.84. The summed E-state index contributed by atoms with van der Waals surface area (Å²) in [6.45, 7) is 5.26. The standard InChI is InChI=1S/C12H15F3N2O.ClH/c1-12(2,3)10(16)11(18)17-6-4-7(13)9(15)8(14)5-6;/h4-5,10H,16H2,1-3H3,(H,17,18);1H/t10-;/m1./s1. The minimum Gasteiger partial charge on any atom is -0.325 e. The number of halogens is 4. The van der Waals surface area contributed by atoms with Crippen molar-refractivity contribution < 1.29 is 18.0 Å². The molecular weight excluding hydrogens is 281 g/mol. The normalized spacial score (nSPS) is 12.6. The highest BCUT2D eigenvalue weighted by molar-refractivity contribution is 5.95. The number of rotatable bonds is 2. The first-order chi connectivity index (χ1) is 8.12. The molecule has 0 bridgehead atoms. The van der Waals surface area contributed by atoms with Gasteiger partial charge in [-0.15, -0.1) is 12.4 Å². The number of nitrogens with one attached hydrogen (secondary N) is 1. The molecule has 0 radical (unpaired) electrons. The second-order valence-electron chi connectivity index (χ2n) is 5.09. The van der Waals surface area contributed by atoms with Crippen LogP contribution in [0.2, 0.25) is 0 Å². The molecule has 0 fully saturated rings. The number of carbonyl (C=O) groups is 1. The van der Waals surface area contributed by atoms with Crippen LogP contribution in [0.1, 0.15) is 20.8 Å². The van der Waals surface area contributed by atoms with E-state index in [1.165, 1.54) is 0 Å². The Bertz CT molecular complexity index is 452. The molecule has 0 saturated heterocycles. The number of amides is 1. The first kappa shape index (κ1) is 17.7. The molecule has 0 unspecified atom stereocenters. The van der Waals surface area contributed by atoms with Crippen molar-refractivity contribution in [2.45, 2.75) is 26.8 Å². The maximum atomic E-state index is 12.9. The molecule has 1 atom stereocenters. The van der Waals surface area contributed by atoms with Gasteiger partial charge in [-0.1, -0.05) is 20.8 Å². The molecule has 0 heterocycles. The van der Waals surface area contributed by atoms with Crippen molar-refractivity contribution >= 4 is 24.0 Å². The average Bonchev–Trinajstić information content (AvgIpc) is 2.23. The van der Waals surface area contributed by atoms with E-state index in [4.69, 9.17) is 5.73 Å². The second-order valence-corrected chi connectivity index (χ2v) is 5.09. The lowest BCUT2D eigenvalue weighted by molar-refractivity contribution is -0.119. The van der Waals surface area contributed by atoms with Crippen molar-refractivity contribution in [1.29, 1.82) is 0 Å². The van der Waals surface area contributed by atoms with Gasteiger partial charge in [0.05, 0.1) is 6.04 Å². The topological polar surface area (TPSA) is 55.1 Å². The minimum atomic E-state index is -1.58. The third-order valence-corrected chi connectivity index (χ3v) is 2.47. The van der Waals surface area contributed by atoms with E-state index in [1.807, 2.05) is 0 Å². The van der Waals surface area contributed by atoms with Crippen LogP contribution in [-0.4, -0.2) is 11.9 Å². The van der Waals surface area contributed by atoms with Gasteiger partial charge in [-0.3, -0.25) is 4.79 Å². The van der Waals surface area contributed by atoms with Gasteiger partial charge < -0.3 is 11.1 Å². The molecular formula is C12H16ClF3N2O. The van der Waals surface area contributed by atoms with Gasteiger partial charge in [0.2, 0.25) is 5.91 Å². The number of hydrogen-bond acceptors (Lipinski definition) is 2. The highest BCUT2D eigenvalue weighted by Crippen LogP contribution is 2.21. The Morgan fingerprint density at radius 2 is 1.63 bits per heavy atom. The number of anilines is 1. The lowest BCUT2D eigenvalue weighted by Gasteiger charge is -2.25. The Labute approximate surface area is 115 Å². The third kappa shape index (κ3) is 4.40. The third-order valence-electron chi connectivity index (χ3n) is 2.47. The largest absolute Gasteiger partial charge is 0.325 e. The van der Waals surface area contributed by atoms with E-state index < -0.39 is 34.8 Å². The number of carbonyl (C=O) groups excluding carboxylic acids is 1. The van der Waals surface area contributed by atoms with Crippen molar-refractivity contribution in [3.8, 4) is 0 Å². The predicted molar refractivity (Wildman–Crippen MR) is 69.6 cm³/mol. The number of hydrogen-bond donors (Lipinski definition) is 2. The van der Waals surface area contributed by atoms with Crippen LogP contribution < -0.4 is 11.1 Å². The molecule has 3 nitrogen and oxygen atoms in total. The lowest BCUT2D eigenvalue weighted by Crippen LogP contribution is -2.45. The van der Waals surface area contributed by atoms with Gasteiger partial charge in [0, 0.05) is 17.8 Å². The summed E-state index contributed by atoms with van der Waals surface area (Å²) in [6.07, 6.45) is 0. The summed E-state index contributed by atoms with van der Waals surface area (Å²) in [5, 5.41) is 2.25. The van der Waals surface area contributed by atoms with Crippen molar-refractivity contribution in [1.82, 2.24) is 0 Å². The molecule has 0 saturated carbocycles. The summed E-state index contributed by atoms with van der Waals surface area (Å²) in [6, 6.07) is 0.547. The molecule has 3 N–H and O–H groups in total. The van der Waals surface area contributed by atoms with E-state index in [0.717, 1.165) is 0 Å². The van der Waals surface area contributed by atoms with Gasteiger partial charge in [0.25, 0.3) is 0 Å². The van der Waals surface area contributed by atoms with Crippen molar-refractivity contribution in [3.05, 3.63) is 29.6 Å². The Morgan fingerprint density at radius 1 is 1.21 bits per heavy atom. The summed E-state index contributed by atoms with van der Waals surface area (Å²) >= 11 is 0. The van der Waals surface area contributed by atoms with Gasteiger partial charge in [-0.05, 0) is 5.41 Å². The summed E-state index contributed by atoms with van der Waals surface area (Å²) in [5.74, 6) is -4.90. The van der Waals surface area contributed by atoms with E-state index in [1.54, 1.807) is 20.8 Å². The van der Waals surface area contributed by atoms with Crippen LogP contribution in [-0.2, 0) is 4.79 Å². The molecule has 0 aliphatic heterocycles. The lowest BCUT2D eigenvalue weighted by atomic mass is 9.87. The molecule has 19 heavy (non-hydrogen) atoms. The first-order valence-corrected chi connectivity index (χ1v) is 5.34. The number of benzene rings is 1. The van der Waals surface area contributed by atoms with Crippen molar-refractivity contribution in [2.24, 2.45) is 11.1 Å². The van der Waals surface area contributed by atoms with Gasteiger partial charge in [-0.2, -0.15) is 0 Å². The fourth-order valence-corrected chi connectivity index (χ4v) is 1.24. The zero-order valence-electron chi connectivity index (χ0n) is 10.8. The van der Waals surface area contributed by atoms with Crippen LogP contribution in [0.15, 0.2) is 12.1 Å². The fourth-order valence-electron chi connectivity index (χ4n) is 1.24. The molecule has 0 aromatic heterocycles. The smallest absolute Gasteiger partial charge is 0.241 e. The SMILES string of the molecule is CC(C)(C)[C@H](N)C(=O)Nc1cc(F)c(F)c(F)c1.Cl. The second kappa shape index (κ2) is 6.25. The molecule has 0 aliphatic carbocycles. The van der Waals surface area contributed by atoms with E-state index in [-0.39, 0.29) is 18.1 Å². The van der Waals surface area contributed by atoms with Crippen LogP contribution in [0.4, 0.5) is 18.9 Å². The zero-order valence-corrected chi connectivity index (χ0v) is 11.6. The van der Waals surface area contributed by atoms with Crippen LogP contribution in [0.5, 0.6) is 0 Å². The summed E-state index contributed by atoms with van der Waals surface area (Å²) < 4.78 is 38.6. The molecule has 0 spiro atoms. The van der Waals surface area contributed by atoms with Crippen molar-refractivity contribution in [2.75, 3.05) is 5.32 Å². The van der Waals surface area contributed by atoms with Gasteiger partial charge in [-0.25, -0.2) is 13.2 Å². The summed E-state index contributed by atoms with van der Waals surface area (Å²) in [7, 11) is 0. The molecule has 1 aromatic carbocycles. The van der Waals surface area contributed by atoms with Crippen molar-refractivity contribution in [3.63, 3.8) is 0 Å². The minimum absolute atomic E-state index is 0. The zero-order chi connectivity index (χ0) is 14.1. The van der Waals surface area contributed by atoms with E-state index >= 15 is 0 Å². The Balaban J connectivity index is 0.00000324. The number of nitrogens with two attached hydrogens (primary N) is 1. The van der Waals surface area contributed by atoms with Crippen LogP contribution in [0, 0.1) is 22.9 Å². The fraction of sp³-hybridized carbons (Fsp3) is 0.417. The van der Waals surface area contributed by atoms with Gasteiger partial charge in [0.1, 0.15) is 0 Å². The van der Waals surface area contributed by atoms with Gasteiger partial charge >= 0.3 is 0 Å². The monoisotopic (exact) mass is 296 g/mol. The average molecular weight is 297 g/mol. The molecule has 7 heteroatoms. The molecule has 0 aliphatic rings. The van der Waals surface area contributed by atoms with E-state index in [2.05, 4.69) is 5.32 Å². The summed E-state index contributed by atoms with van der Waals surface area (Å²) in [4.78, 5) is 11.7. The summed E-state index contributed by atoms with van der Waals surface area (Å²) in [5.41, 5.74) is 5.01. The Kier molecular flexibility index (Phi) is 5.83. The molecule has 1 rings (SSSR count). The van der Waals surface area contributed by atoms with Crippen LogP contribution in [0.25, 0.3) is 0 Å².